The van der Waals surface area contributed by atoms with Gasteiger partial charge in [-0.25, -0.2) is 4.39 Å². The molecule has 2 amide bonds. The summed E-state index contributed by atoms with van der Waals surface area (Å²) in [7, 11) is 0. The van der Waals surface area contributed by atoms with Crippen LogP contribution in [-0.4, -0.2) is 35.1 Å². The number of halogens is 4. The fourth-order valence-electron chi connectivity index (χ4n) is 3.89. The molecule has 0 aromatic heterocycles. The number of nitrogens with one attached hydrogen (secondary N) is 1. The van der Waals surface area contributed by atoms with E-state index < -0.39 is 11.9 Å². The van der Waals surface area contributed by atoms with Crippen molar-refractivity contribution < 1.29 is 14.0 Å². The first-order chi connectivity index (χ1) is 18.3. The second-order valence-corrected chi connectivity index (χ2v) is 11.0. The molecule has 38 heavy (non-hydrogen) atoms. The molecule has 0 aliphatic heterocycles. The van der Waals surface area contributed by atoms with Gasteiger partial charge in [0.05, 0.1) is 5.75 Å². The van der Waals surface area contributed by atoms with Crippen LogP contribution in [-0.2, 0) is 28.3 Å². The third-order valence-electron chi connectivity index (χ3n) is 5.99. The predicted octanol–water partition coefficient (Wildman–Crippen LogP) is 7.58. The Balaban J connectivity index is 1.88. The standard InChI is InChI=1S/C29H30Cl3FN2O2S/c1-2-3-14-34-29(37)27(15-20-8-5-4-6-9-20)35(17-21-12-13-22(30)16-25(21)32)28(36)19-38-18-23-24(31)10-7-11-26(23)33/h4-13,16,27H,2-3,14-15,17-19H2,1H3,(H,34,37)/t27-/m0/s1. The van der Waals surface area contributed by atoms with Crippen LogP contribution in [0.1, 0.15) is 36.5 Å². The number of carbonyl (C=O) groups is 2. The Kier molecular flexibility index (Phi) is 12.3. The van der Waals surface area contributed by atoms with Crippen molar-refractivity contribution in [3.8, 4) is 0 Å². The maximum Gasteiger partial charge on any atom is 0.243 e. The molecule has 0 aliphatic rings. The number of nitrogens with zero attached hydrogens (tertiary/aromatic N) is 1. The van der Waals surface area contributed by atoms with Crippen molar-refractivity contribution in [3.05, 3.63) is 104 Å². The molecule has 0 fully saturated rings. The number of benzene rings is 3. The smallest absolute Gasteiger partial charge is 0.243 e. The Labute approximate surface area is 242 Å². The van der Waals surface area contributed by atoms with Crippen LogP contribution >= 0.6 is 46.6 Å². The lowest BCUT2D eigenvalue weighted by Crippen LogP contribution is -2.51. The highest BCUT2D eigenvalue weighted by Crippen LogP contribution is 2.27. The molecule has 0 saturated heterocycles. The van der Waals surface area contributed by atoms with Crippen LogP contribution in [0.15, 0.2) is 66.7 Å². The van der Waals surface area contributed by atoms with Gasteiger partial charge in [0.25, 0.3) is 0 Å². The minimum Gasteiger partial charge on any atom is -0.354 e. The SMILES string of the molecule is CCCCNC(=O)[C@H](Cc1ccccc1)N(Cc1ccc(Cl)cc1Cl)C(=O)CSCc1c(F)cccc1Cl. The Morgan fingerprint density at radius 3 is 2.45 bits per heavy atom. The molecular formula is C29H30Cl3FN2O2S. The largest absolute Gasteiger partial charge is 0.354 e. The van der Waals surface area contributed by atoms with Crippen molar-refractivity contribution in [2.24, 2.45) is 0 Å². The molecule has 3 aromatic rings. The summed E-state index contributed by atoms with van der Waals surface area (Å²) in [5.41, 5.74) is 1.94. The van der Waals surface area contributed by atoms with E-state index in [-0.39, 0.29) is 29.9 Å². The van der Waals surface area contributed by atoms with Crippen LogP contribution in [0.25, 0.3) is 0 Å². The zero-order valence-electron chi connectivity index (χ0n) is 21.1. The molecule has 3 rings (SSSR count). The van der Waals surface area contributed by atoms with E-state index in [1.54, 1.807) is 35.2 Å². The molecule has 1 atom stereocenters. The van der Waals surface area contributed by atoms with Gasteiger partial charge >= 0.3 is 0 Å². The molecule has 0 spiro atoms. The number of rotatable bonds is 13. The average molecular weight is 596 g/mol. The molecule has 202 valence electrons. The summed E-state index contributed by atoms with van der Waals surface area (Å²) in [5, 5.41) is 4.18. The first-order valence-electron chi connectivity index (χ1n) is 12.4. The highest BCUT2D eigenvalue weighted by Gasteiger charge is 2.30. The number of amides is 2. The third-order valence-corrected chi connectivity index (χ3v) is 7.88. The normalized spacial score (nSPS) is 11.7. The van der Waals surface area contributed by atoms with Gasteiger partial charge in [-0.05, 0) is 41.8 Å². The molecule has 3 aromatic carbocycles. The van der Waals surface area contributed by atoms with Crippen molar-refractivity contribution in [1.29, 1.82) is 0 Å². The van der Waals surface area contributed by atoms with E-state index in [0.717, 1.165) is 18.4 Å². The van der Waals surface area contributed by atoms with Crippen LogP contribution < -0.4 is 5.32 Å². The maximum absolute atomic E-state index is 14.3. The lowest BCUT2D eigenvalue weighted by Gasteiger charge is -2.32. The molecule has 0 radical (unpaired) electrons. The zero-order chi connectivity index (χ0) is 27.5. The van der Waals surface area contributed by atoms with Crippen molar-refractivity contribution in [2.45, 2.75) is 44.5 Å². The van der Waals surface area contributed by atoms with Gasteiger partial charge in [-0.15, -0.1) is 11.8 Å². The van der Waals surface area contributed by atoms with Gasteiger partial charge in [-0.3, -0.25) is 9.59 Å². The van der Waals surface area contributed by atoms with Gasteiger partial charge in [0.2, 0.25) is 11.8 Å². The summed E-state index contributed by atoms with van der Waals surface area (Å²) in [6, 6.07) is 18.4. The Morgan fingerprint density at radius 2 is 1.76 bits per heavy atom. The van der Waals surface area contributed by atoms with E-state index in [1.165, 1.54) is 17.8 Å². The maximum atomic E-state index is 14.3. The Morgan fingerprint density at radius 1 is 1.00 bits per heavy atom. The number of hydrogen-bond acceptors (Lipinski definition) is 3. The van der Waals surface area contributed by atoms with E-state index in [1.807, 2.05) is 37.3 Å². The summed E-state index contributed by atoms with van der Waals surface area (Å²) in [6.07, 6.45) is 2.10. The van der Waals surface area contributed by atoms with Gasteiger partial charge < -0.3 is 10.2 Å². The van der Waals surface area contributed by atoms with E-state index in [4.69, 9.17) is 34.8 Å². The summed E-state index contributed by atoms with van der Waals surface area (Å²) >= 11 is 19.9. The van der Waals surface area contributed by atoms with E-state index in [2.05, 4.69) is 5.32 Å². The zero-order valence-corrected chi connectivity index (χ0v) is 24.1. The van der Waals surface area contributed by atoms with Gasteiger partial charge in [-0.2, -0.15) is 0 Å². The van der Waals surface area contributed by atoms with Crippen molar-refractivity contribution >= 4 is 58.4 Å². The third kappa shape index (κ3) is 8.91. The molecule has 4 nitrogen and oxygen atoms in total. The Hall–Kier alpha value is -2.25. The summed E-state index contributed by atoms with van der Waals surface area (Å²) < 4.78 is 14.3. The minimum atomic E-state index is -0.772. The second-order valence-electron chi connectivity index (χ2n) is 8.80. The van der Waals surface area contributed by atoms with Gasteiger partial charge in [-0.1, -0.05) is 90.6 Å². The predicted molar refractivity (Wildman–Crippen MR) is 156 cm³/mol. The van der Waals surface area contributed by atoms with Crippen LogP contribution in [0.3, 0.4) is 0 Å². The molecular weight excluding hydrogens is 566 g/mol. The van der Waals surface area contributed by atoms with Crippen molar-refractivity contribution in [2.75, 3.05) is 12.3 Å². The van der Waals surface area contributed by atoms with Crippen LogP contribution in [0, 0.1) is 5.82 Å². The monoisotopic (exact) mass is 594 g/mol. The fraction of sp³-hybridized carbons (Fsp3) is 0.310. The van der Waals surface area contributed by atoms with Crippen LogP contribution in [0.5, 0.6) is 0 Å². The molecule has 0 unspecified atom stereocenters. The van der Waals surface area contributed by atoms with E-state index >= 15 is 0 Å². The summed E-state index contributed by atoms with van der Waals surface area (Å²) in [5.74, 6) is -0.662. The molecule has 0 aliphatic carbocycles. The first-order valence-corrected chi connectivity index (χ1v) is 14.6. The average Bonchev–Trinajstić information content (AvgIpc) is 2.89. The number of hydrogen-bond donors (Lipinski definition) is 1. The second kappa shape index (κ2) is 15.4. The van der Waals surface area contributed by atoms with Gasteiger partial charge in [0.15, 0.2) is 0 Å². The Bertz CT molecular complexity index is 1210. The van der Waals surface area contributed by atoms with Crippen LogP contribution in [0.2, 0.25) is 15.1 Å². The highest BCUT2D eigenvalue weighted by atomic mass is 35.5. The number of carbonyl (C=O) groups excluding carboxylic acids is 2. The molecule has 0 saturated carbocycles. The summed E-state index contributed by atoms with van der Waals surface area (Å²) in [6.45, 7) is 2.68. The number of unbranched alkanes of at least 4 members (excludes halogenated alkanes) is 1. The van der Waals surface area contributed by atoms with E-state index in [0.29, 0.717) is 39.2 Å². The molecule has 1 N–H and O–H groups in total. The highest BCUT2D eigenvalue weighted by molar-refractivity contribution is 7.99. The lowest BCUT2D eigenvalue weighted by molar-refractivity contribution is -0.139. The quantitative estimate of drug-likeness (QED) is 0.207. The van der Waals surface area contributed by atoms with Crippen molar-refractivity contribution in [1.82, 2.24) is 10.2 Å². The number of thioether (sulfide) groups is 1. The lowest BCUT2D eigenvalue weighted by atomic mass is 10.0. The molecule has 0 bridgehead atoms. The van der Waals surface area contributed by atoms with Gasteiger partial charge in [0, 0.05) is 45.9 Å². The van der Waals surface area contributed by atoms with Crippen LogP contribution in [0.4, 0.5) is 4.39 Å². The van der Waals surface area contributed by atoms with Gasteiger partial charge in [0.1, 0.15) is 11.9 Å². The van der Waals surface area contributed by atoms with Crippen molar-refractivity contribution in [3.63, 3.8) is 0 Å². The molecule has 9 heteroatoms. The minimum absolute atomic E-state index is 0.0312. The topological polar surface area (TPSA) is 49.4 Å². The first kappa shape index (κ1) is 30.3. The summed E-state index contributed by atoms with van der Waals surface area (Å²) in [4.78, 5) is 28.7. The van der Waals surface area contributed by atoms with E-state index in [9.17, 15) is 14.0 Å². The fourth-order valence-corrected chi connectivity index (χ4v) is 5.60. The molecule has 0 heterocycles.